The molecular formula is C10H20N2. The first-order chi connectivity index (χ1) is 5.74. The third kappa shape index (κ3) is 1.80. The second-order valence-corrected chi connectivity index (χ2v) is 4.69. The lowest BCUT2D eigenvalue weighted by atomic mass is 9.88. The van der Waals surface area contributed by atoms with Crippen LogP contribution in [0.2, 0.25) is 0 Å². The lowest BCUT2D eigenvalue weighted by molar-refractivity contribution is 0.275. The summed E-state index contributed by atoms with van der Waals surface area (Å²) in [7, 11) is 0. The highest BCUT2D eigenvalue weighted by Gasteiger charge is 2.33. The Bertz CT molecular complexity index is 144. The highest BCUT2D eigenvalue weighted by Crippen LogP contribution is 2.32. The van der Waals surface area contributed by atoms with Gasteiger partial charge in [-0.1, -0.05) is 0 Å². The molecule has 12 heavy (non-hydrogen) atoms. The van der Waals surface area contributed by atoms with Crippen LogP contribution in [-0.4, -0.2) is 18.1 Å². The molecule has 2 nitrogen and oxygen atoms in total. The molecule has 2 heteroatoms. The molecule has 2 saturated heterocycles. The summed E-state index contributed by atoms with van der Waals surface area (Å²) in [5, 5.41) is 3.65. The van der Waals surface area contributed by atoms with Crippen molar-refractivity contribution in [1.82, 2.24) is 5.32 Å². The average molecular weight is 168 g/mol. The van der Waals surface area contributed by atoms with Crippen molar-refractivity contribution in [2.45, 2.75) is 57.2 Å². The summed E-state index contributed by atoms with van der Waals surface area (Å²) in [5.74, 6) is 0.906. The number of rotatable bonds is 2. The van der Waals surface area contributed by atoms with Gasteiger partial charge >= 0.3 is 0 Å². The number of piperidine rings is 1. The normalized spacial score (nSPS) is 43.0. The molecule has 3 N–H and O–H groups in total. The maximum absolute atomic E-state index is 5.81. The van der Waals surface area contributed by atoms with Crippen LogP contribution in [0.3, 0.4) is 0 Å². The molecule has 2 aliphatic heterocycles. The molecule has 0 spiro atoms. The predicted molar refractivity (Wildman–Crippen MR) is 50.9 cm³/mol. The van der Waals surface area contributed by atoms with Crippen LogP contribution in [0.25, 0.3) is 0 Å². The summed E-state index contributed by atoms with van der Waals surface area (Å²) in [6.07, 6.45) is 6.78. The van der Waals surface area contributed by atoms with Crippen LogP contribution in [0.4, 0.5) is 0 Å². The maximum atomic E-state index is 5.81. The number of fused-ring (bicyclic) bond motifs is 2. The summed E-state index contributed by atoms with van der Waals surface area (Å²) < 4.78 is 0. The molecule has 0 amide bonds. The van der Waals surface area contributed by atoms with E-state index < -0.39 is 0 Å². The molecule has 2 bridgehead atoms. The summed E-state index contributed by atoms with van der Waals surface area (Å²) in [6.45, 7) is 2.13. The Morgan fingerprint density at radius 1 is 1.33 bits per heavy atom. The van der Waals surface area contributed by atoms with E-state index >= 15 is 0 Å². The van der Waals surface area contributed by atoms with Gasteiger partial charge in [0.15, 0.2) is 0 Å². The van der Waals surface area contributed by atoms with Crippen molar-refractivity contribution in [3.05, 3.63) is 0 Å². The highest BCUT2D eigenvalue weighted by atomic mass is 15.0. The van der Waals surface area contributed by atoms with Crippen molar-refractivity contribution in [2.75, 3.05) is 0 Å². The van der Waals surface area contributed by atoms with E-state index in [2.05, 4.69) is 12.2 Å². The Balaban J connectivity index is 1.85. The van der Waals surface area contributed by atoms with E-state index in [4.69, 9.17) is 5.73 Å². The third-order valence-electron chi connectivity index (χ3n) is 3.28. The van der Waals surface area contributed by atoms with E-state index in [-0.39, 0.29) is 0 Å². The zero-order valence-corrected chi connectivity index (χ0v) is 7.92. The van der Waals surface area contributed by atoms with Gasteiger partial charge in [-0.05, 0) is 44.9 Å². The van der Waals surface area contributed by atoms with Gasteiger partial charge in [-0.2, -0.15) is 0 Å². The van der Waals surface area contributed by atoms with Gasteiger partial charge in [0.05, 0.1) is 0 Å². The quantitative estimate of drug-likeness (QED) is 0.651. The zero-order valence-electron chi connectivity index (χ0n) is 7.92. The number of hydrogen-bond donors (Lipinski definition) is 2. The van der Waals surface area contributed by atoms with Gasteiger partial charge in [0.2, 0.25) is 0 Å². The van der Waals surface area contributed by atoms with Crippen molar-refractivity contribution < 1.29 is 0 Å². The Morgan fingerprint density at radius 3 is 2.42 bits per heavy atom. The minimum atomic E-state index is 0.396. The van der Waals surface area contributed by atoms with Crippen LogP contribution >= 0.6 is 0 Å². The van der Waals surface area contributed by atoms with Crippen molar-refractivity contribution in [1.29, 1.82) is 0 Å². The molecule has 2 fully saturated rings. The maximum Gasteiger partial charge on any atom is 0.00728 e. The van der Waals surface area contributed by atoms with E-state index in [1.807, 2.05) is 0 Å². The molecule has 3 unspecified atom stereocenters. The van der Waals surface area contributed by atoms with Gasteiger partial charge in [0.1, 0.15) is 0 Å². The summed E-state index contributed by atoms with van der Waals surface area (Å²) >= 11 is 0. The Labute approximate surface area is 74.9 Å². The van der Waals surface area contributed by atoms with Crippen molar-refractivity contribution in [3.8, 4) is 0 Å². The Hall–Kier alpha value is -0.0800. The molecule has 0 radical (unpaired) electrons. The molecule has 0 aromatic heterocycles. The Morgan fingerprint density at radius 2 is 1.92 bits per heavy atom. The number of nitrogens with two attached hydrogens (primary N) is 1. The molecule has 0 aliphatic carbocycles. The molecule has 70 valence electrons. The lowest BCUT2D eigenvalue weighted by Gasteiger charge is -2.29. The van der Waals surface area contributed by atoms with Gasteiger partial charge in [0.25, 0.3) is 0 Å². The van der Waals surface area contributed by atoms with Crippen molar-refractivity contribution in [3.63, 3.8) is 0 Å². The van der Waals surface area contributed by atoms with E-state index in [1.54, 1.807) is 0 Å². The lowest BCUT2D eigenvalue weighted by Crippen LogP contribution is -2.39. The van der Waals surface area contributed by atoms with E-state index in [9.17, 15) is 0 Å². The fourth-order valence-electron chi connectivity index (χ4n) is 2.89. The number of nitrogens with one attached hydrogen (secondary N) is 1. The van der Waals surface area contributed by atoms with Gasteiger partial charge in [-0.3, -0.25) is 0 Å². The summed E-state index contributed by atoms with van der Waals surface area (Å²) in [5.41, 5.74) is 5.81. The summed E-state index contributed by atoms with van der Waals surface area (Å²) in [4.78, 5) is 0. The van der Waals surface area contributed by atoms with Crippen LogP contribution in [0.5, 0.6) is 0 Å². The molecule has 0 aromatic rings. The minimum Gasteiger partial charge on any atom is -0.328 e. The fraction of sp³-hybridized carbons (Fsp3) is 1.00. The van der Waals surface area contributed by atoms with E-state index in [1.165, 1.54) is 32.1 Å². The number of hydrogen-bond acceptors (Lipinski definition) is 2. The van der Waals surface area contributed by atoms with Crippen LogP contribution in [-0.2, 0) is 0 Å². The third-order valence-corrected chi connectivity index (χ3v) is 3.28. The molecule has 2 aliphatic rings. The average Bonchev–Trinajstić information content (AvgIpc) is 2.29. The fourth-order valence-corrected chi connectivity index (χ4v) is 2.89. The molecule has 2 rings (SSSR count). The van der Waals surface area contributed by atoms with Crippen LogP contribution in [0.1, 0.15) is 39.0 Å². The minimum absolute atomic E-state index is 0.396. The second kappa shape index (κ2) is 3.35. The van der Waals surface area contributed by atoms with Crippen LogP contribution in [0, 0.1) is 5.92 Å². The van der Waals surface area contributed by atoms with Crippen LogP contribution < -0.4 is 11.1 Å². The zero-order chi connectivity index (χ0) is 8.55. The first kappa shape index (κ1) is 8.52. The second-order valence-electron chi connectivity index (χ2n) is 4.69. The largest absolute Gasteiger partial charge is 0.328 e. The molecule has 0 aromatic carbocycles. The highest BCUT2D eigenvalue weighted by molar-refractivity contribution is 4.92. The van der Waals surface area contributed by atoms with Crippen LogP contribution in [0.15, 0.2) is 0 Å². The van der Waals surface area contributed by atoms with Gasteiger partial charge in [0, 0.05) is 18.1 Å². The molecule has 0 saturated carbocycles. The van der Waals surface area contributed by atoms with Gasteiger partial charge < -0.3 is 11.1 Å². The van der Waals surface area contributed by atoms with Gasteiger partial charge in [-0.15, -0.1) is 0 Å². The Kier molecular flexibility index (Phi) is 2.37. The SMILES string of the molecule is CC(N)CC1CC2CCC(C1)N2. The van der Waals surface area contributed by atoms with E-state index in [0.717, 1.165) is 18.0 Å². The standard InChI is InChI=1S/C10H20N2/c1-7(11)4-8-5-9-2-3-10(6-8)12-9/h7-10,12H,2-6,11H2,1H3. The first-order valence-corrected chi connectivity index (χ1v) is 5.25. The molecule has 2 heterocycles. The van der Waals surface area contributed by atoms with Crippen molar-refractivity contribution in [2.24, 2.45) is 11.7 Å². The summed E-state index contributed by atoms with van der Waals surface area (Å²) in [6, 6.07) is 2.05. The first-order valence-electron chi connectivity index (χ1n) is 5.25. The van der Waals surface area contributed by atoms with Gasteiger partial charge in [-0.25, -0.2) is 0 Å². The topological polar surface area (TPSA) is 38.0 Å². The smallest absolute Gasteiger partial charge is 0.00728 e. The van der Waals surface area contributed by atoms with Crippen molar-refractivity contribution >= 4 is 0 Å². The molecular weight excluding hydrogens is 148 g/mol. The predicted octanol–water partition coefficient (Wildman–Crippen LogP) is 1.25. The molecule has 3 atom stereocenters. The van der Waals surface area contributed by atoms with E-state index in [0.29, 0.717) is 6.04 Å². The monoisotopic (exact) mass is 168 g/mol.